The van der Waals surface area contributed by atoms with Crippen LogP contribution in [0.4, 0.5) is 8.78 Å². The van der Waals surface area contributed by atoms with Crippen LogP contribution in [-0.2, 0) is 10.0 Å². The van der Waals surface area contributed by atoms with Crippen molar-refractivity contribution in [1.82, 2.24) is 4.31 Å². The van der Waals surface area contributed by atoms with Crippen LogP contribution in [0.1, 0.15) is 19.8 Å². The number of sulfonamides is 1. The van der Waals surface area contributed by atoms with Crippen LogP contribution >= 0.6 is 0 Å². The molecule has 0 spiro atoms. The van der Waals surface area contributed by atoms with Crippen molar-refractivity contribution in [1.29, 1.82) is 0 Å². The molecule has 100 valence electrons. The van der Waals surface area contributed by atoms with Crippen LogP contribution in [0.15, 0.2) is 23.1 Å². The highest BCUT2D eigenvalue weighted by atomic mass is 32.2. The van der Waals surface area contributed by atoms with Crippen LogP contribution in [0.2, 0.25) is 0 Å². The van der Waals surface area contributed by atoms with Gasteiger partial charge in [-0.25, -0.2) is 17.2 Å². The lowest BCUT2D eigenvalue weighted by Crippen LogP contribution is -2.37. The molecule has 0 radical (unpaired) electrons. The molecule has 0 unspecified atom stereocenters. The zero-order valence-electron chi connectivity index (χ0n) is 10.2. The highest BCUT2D eigenvalue weighted by Crippen LogP contribution is 2.36. The van der Waals surface area contributed by atoms with Crippen molar-refractivity contribution < 1.29 is 17.2 Å². The smallest absolute Gasteiger partial charge is 0.207 e. The fourth-order valence-electron chi connectivity index (χ4n) is 1.97. The Bertz CT molecular complexity index is 535. The molecule has 0 N–H and O–H groups in total. The zero-order chi connectivity index (χ0) is 13.5. The van der Waals surface area contributed by atoms with Gasteiger partial charge in [-0.15, -0.1) is 0 Å². The van der Waals surface area contributed by atoms with Crippen LogP contribution in [0.25, 0.3) is 0 Å². The second kappa shape index (κ2) is 4.59. The van der Waals surface area contributed by atoms with Gasteiger partial charge in [-0.2, -0.15) is 4.31 Å². The summed E-state index contributed by atoms with van der Waals surface area (Å²) in [6.45, 7) is 1.76. The molecule has 0 aromatic heterocycles. The van der Waals surface area contributed by atoms with Crippen molar-refractivity contribution >= 4 is 10.0 Å². The first-order chi connectivity index (χ1) is 8.35. The van der Waals surface area contributed by atoms with Gasteiger partial charge in [-0.3, -0.25) is 0 Å². The predicted molar refractivity (Wildman–Crippen MR) is 63.5 cm³/mol. The summed E-state index contributed by atoms with van der Waals surface area (Å²) in [5, 5.41) is 0. The Morgan fingerprint density at radius 2 is 1.78 bits per heavy atom. The molecule has 1 aliphatic carbocycles. The summed E-state index contributed by atoms with van der Waals surface area (Å²) in [7, 11) is -2.76. The lowest BCUT2D eigenvalue weighted by molar-refractivity contribution is 0.352. The first kappa shape index (κ1) is 13.4. The first-order valence-electron chi connectivity index (χ1n) is 5.77. The van der Waals surface area contributed by atoms with E-state index in [-0.39, 0.29) is 6.04 Å². The number of hydrogen-bond donors (Lipinski definition) is 0. The third kappa shape index (κ3) is 2.27. The maximum atomic E-state index is 13.5. The van der Waals surface area contributed by atoms with Gasteiger partial charge in [0.2, 0.25) is 10.0 Å². The highest BCUT2D eigenvalue weighted by molar-refractivity contribution is 7.89. The molecule has 1 aromatic rings. The van der Waals surface area contributed by atoms with Crippen LogP contribution in [0.3, 0.4) is 0 Å². The predicted octanol–water partition coefficient (Wildman–Crippen LogP) is 2.38. The minimum Gasteiger partial charge on any atom is -0.207 e. The quantitative estimate of drug-likeness (QED) is 0.846. The molecule has 0 saturated heterocycles. The van der Waals surface area contributed by atoms with E-state index in [4.69, 9.17) is 0 Å². The van der Waals surface area contributed by atoms with E-state index in [1.54, 1.807) is 6.92 Å². The van der Waals surface area contributed by atoms with Gasteiger partial charge in [0.1, 0.15) is 11.6 Å². The molecule has 1 atom stereocenters. The maximum absolute atomic E-state index is 13.5. The Balaban J connectivity index is 2.41. The number of benzene rings is 1. The second-order valence-corrected chi connectivity index (χ2v) is 6.58. The molecule has 1 aliphatic rings. The summed E-state index contributed by atoms with van der Waals surface area (Å²) in [4.78, 5) is -0.861. The maximum Gasteiger partial charge on any atom is 0.248 e. The summed E-state index contributed by atoms with van der Waals surface area (Å²) in [6.07, 6.45) is 1.92. The summed E-state index contributed by atoms with van der Waals surface area (Å²) in [6, 6.07) is 2.81. The lowest BCUT2D eigenvalue weighted by Gasteiger charge is -2.24. The molecular formula is C12H15F2NO2S. The van der Waals surface area contributed by atoms with E-state index in [1.165, 1.54) is 7.05 Å². The Morgan fingerprint density at radius 1 is 1.28 bits per heavy atom. The monoisotopic (exact) mass is 275 g/mol. The Kier molecular flexibility index (Phi) is 3.42. The molecule has 18 heavy (non-hydrogen) atoms. The van der Waals surface area contributed by atoms with Gasteiger partial charge in [0.15, 0.2) is 4.90 Å². The van der Waals surface area contributed by atoms with E-state index in [0.717, 1.165) is 35.3 Å². The van der Waals surface area contributed by atoms with Crippen LogP contribution < -0.4 is 0 Å². The molecule has 0 bridgehead atoms. The standard InChI is InChI=1S/C12H15F2NO2S/c1-8(9-6-7-9)15(2)18(16,17)12-10(13)4-3-5-11(12)14/h3-5,8-9H,6-7H2,1-2H3/t8-/m1/s1. The molecule has 0 heterocycles. The fraction of sp³-hybridized carbons (Fsp3) is 0.500. The summed E-state index contributed by atoms with van der Waals surface area (Å²) < 4.78 is 52.5. The van der Waals surface area contributed by atoms with Crippen molar-refractivity contribution in [3.05, 3.63) is 29.8 Å². The molecular weight excluding hydrogens is 260 g/mol. The van der Waals surface area contributed by atoms with E-state index in [2.05, 4.69) is 0 Å². The number of rotatable bonds is 4. The van der Waals surface area contributed by atoms with Gasteiger partial charge in [0.25, 0.3) is 0 Å². The second-order valence-electron chi connectivity index (χ2n) is 4.65. The van der Waals surface area contributed by atoms with Gasteiger partial charge >= 0.3 is 0 Å². The molecule has 1 saturated carbocycles. The van der Waals surface area contributed by atoms with E-state index in [9.17, 15) is 17.2 Å². The largest absolute Gasteiger partial charge is 0.248 e. The van der Waals surface area contributed by atoms with Gasteiger partial charge < -0.3 is 0 Å². The SMILES string of the molecule is C[C@H](C1CC1)N(C)S(=O)(=O)c1c(F)cccc1F. The first-order valence-corrected chi connectivity index (χ1v) is 7.21. The zero-order valence-corrected chi connectivity index (χ0v) is 11.0. The van der Waals surface area contributed by atoms with E-state index in [1.807, 2.05) is 0 Å². The van der Waals surface area contributed by atoms with Crippen molar-refractivity contribution in [2.75, 3.05) is 7.05 Å². The van der Waals surface area contributed by atoms with Crippen LogP contribution in [0.5, 0.6) is 0 Å². The van der Waals surface area contributed by atoms with Crippen molar-refractivity contribution in [3.63, 3.8) is 0 Å². The molecule has 1 aromatic carbocycles. The van der Waals surface area contributed by atoms with Gasteiger partial charge in [0.05, 0.1) is 0 Å². The van der Waals surface area contributed by atoms with E-state index >= 15 is 0 Å². The van der Waals surface area contributed by atoms with Gasteiger partial charge in [-0.1, -0.05) is 6.07 Å². The Morgan fingerprint density at radius 3 is 2.22 bits per heavy atom. The fourth-order valence-corrected chi connectivity index (χ4v) is 3.49. The lowest BCUT2D eigenvalue weighted by atomic mass is 10.2. The minimum atomic E-state index is -4.12. The normalized spacial score (nSPS) is 18.1. The van der Waals surface area contributed by atoms with Gasteiger partial charge in [-0.05, 0) is 37.8 Å². The van der Waals surface area contributed by atoms with Crippen molar-refractivity contribution in [2.45, 2.75) is 30.7 Å². The van der Waals surface area contributed by atoms with E-state index < -0.39 is 26.6 Å². The molecule has 0 aliphatic heterocycles. The van der Waals surface area contributed by atoms with Crippen LogP contribution in [-0.4, -0.2) is 25.8 Å². The average molecular weight is 275 g/mol. The molecule has 6 heteroatoms. The van der Waals surface area contributed by atoms with Crippen LogP contribution in [0, 0.1) is 17.6 Å². The third-order valence-electron chi connectivity index (χ3n) is 3.43. The Hall–Kier alpha value is -1.01. The summed E-state index contributed by atoms with van der Waals surface area (Å²) in [5.74, 6) is -1.81. The summed E-state index contributed by atoms with van der Waals surface area (Å²) in [5.41, 5.74) is 0. The van der Waals surface area contributed by atoms with Crippen molar-refractivity contribution in [2.24, 2.45) is 5.92 Å². The number of nitrogens with zero attached hydrogens (tertiary/aromatic N) is 1. The number of hydrogen-bond acceptors (Lipinski definition) is 2. The molecule has 1 fully saturated rings. The summed E-state index contributed by atoms with van der Waals surface area (Å²) >= 11 is 0. The van der Waals surface area contributed by atoms with Gasteiger partial charge in [0, 0.05) is 13.1 Å². The third-order valence-corrected chi connectivity index (χ3v) is 5.43. The molecule has 2 rings (SSSR count). The highest BCUT2D eigenvalue weighted by Gasteiger charge is 2.38. The average Bonchev–Trinajstić information content (AvgIpc) is 3.10. The number of halogens is 2. The topological polar surface area (TPSA) is 37.4 Å². The van der Waals surface area contributed by atoms with Crippen molar-refractivity contribution in [3.8, 4) is 0 Å². The molecule has 3 nitrogen and oxygen atoms in total. The molecule has 0 amide bonds. The minimum absolute atomic E-state index is 0.242. The van der Waals surface area contributed by atoms with E-state index in [0.29, 0.717) is 5.92 Å². The Labute approximate surface area is 105 Å².